The van der Waals surface area contributed by atoms with Gasteiger partial charge in [0, 0.05) is 0 Å². The molecule has 0 heterocycles. The maximum absolute atomic E-state index is 12.6. The van der Waals surface area contributed by atoms with Crippen LogP contribution in [0.1, 0.15) is 94.1 Å². The van der Waals surface area contributed by atoms with Crippen molar-refractivity contribution in [3.63, 3.8) is 0 Å². The van der Waals surface area contributed by atoms with Crippen molar-refractivity contribution in [2.45, 2.75) is 93.9 Å². The molecule has 33 heavy (non-hydrogen) atoms. The number of esters is 1. The van der Waals surface area contributed by atoms with Gasteiger partial charge in [-0.2, -0.15) is 0 Å². The van der Waals surface area contributed by atoms with Crippen LogP contribution in [0, 0.1) is 11.3 Å². The summed E-state index contributed by atoms with van der Waals surface area (Å²) >= 11 is 0. The second kappa shape index (κ2) is 12.8. The standard InChI is InChI=1S/C27H34O2.2C2H6/c1-26(2,3)22-13-7-19(8-14-22)20-11-17-24(18-12-20)29-25(28)21-9-15-23(16-10-21)27(4,5)6;2*1-2/h7-8,11-15,17-18,21H,9-10,16H2,1-6H3;2*1-2H3. The number of hydrogen-bond acceptors (Lipinski definition) is 2. The first-order valence-electron chi connectivity index (χ1n) is 12.7. The van der Waals surface area contributed by atoms with Gasteiger partial charge in [-0.05, 0) is 58.9 Å². The van der Waals surface area contributed by atoms with E-state index in [-0.39, 0.29) is 22.7 Å². The molecule has 0 radical (unpaired) electrons. The van der Waals surface area contributed by atoms with Crippen LogP contribution in [0.15, 0.2) is 60.2 Å². The second-order valence-electron chi connectivity index (χ2n) is 10.2. The van der Waals surface area contributed by atoms with E-state index in [1.807, 2.05) is 52.0 Å². The molecule has 0 bridgehead atoms. The molecule has 182 valence electrons. The van der Waals surface area contributed by atoms with E-state index in [0.717, 1.165) is 24.8 Å². The lowest BCUT2D eigenvalue weighted by Gasteiger charge is -2.28. The van der Waals surface area contributed by atoms with Gasteiger partial charge in [0.1, 0.15) is 5.75 Å². The fraction of sp³-hybridized carbons (Fsp3) is 0.516. The predicted molar refractivity (Wildman–Crippen MR) is 144 cm³/mol. The molecule has 2 aromatic rings. The lowest BCUT2D eigenvalue weighted by Crippen LogP contribution is -2.24. The quantitative estimate of drug-likeness (QED) is 0.264. The van der Waals surface area contributed by atoms with Gasteiger partial charge in [0.05, 0.1) is 5.92 Å². The number of allylic oxidation sites excluding steroid dienone is 2. The van der Waals surface area contributed by atoms with Crippen LogP contribution in [-0.4, -0.2) is 5.97 Å². The summed E-state index contributed by atoms with van der Waals surface area (Å²) in [4.78, 5) is 12.6. The van der Waals surface area contributed by atoms with E-state index in [9.17, 15) is 4.79 Å². The van der Waals surface area contributed by atoms with Crippen LogP contribution in [0.5, 0.6) is 5.75 Å². The van der Waals surface area contributed by atoms with E-state index in [2.05, 4.69) is 71.9 Å². The minimum atomic E-state index is -0.114. The Morgan fingerprint density at radius 3 is 1.64 bits per heavy atom. The van der Waals surface area contributed by atoms with Gasteiger partial charge in [0.15, 0.2) is 0 Å². The summed E-state index contributed by atoms with van der Waals surface area (Å²) in [5.41, 5.74) is 5.41. The minimum absolute atomic E-state index is 0.0364. The highest BCUT2D eigenvalue weighted by atomic mass is 16.5. The lowest BCUT2D eigenvalue weighted by molar-refractivity contribution is -0.139. The van der Waals surface area contributed by atoms with Gasteiger partial charge in [-0.3, -0.25) is 4.79 Å². The maximum Gasteiger partial charge on any atom is 0.314 e. The Balaban J connectivity index is 0.00000129. The van der Waals surface area contributed by atoms with Crippen molar-refractivity contribution in [1.82, 2.24) is 0 Å². The van der Waals surface area contributed by atoms with Crippen molar-refractivity contribution >= 4 is 5.97 Å². The summed E-state index contributed by atoms with van der Waals surface area (Å²) in [6.07, 6.45) is 4.87. The summed E-state index contributed by atoms with van der Waals surface area (Å²) in [5.74, 6) is 0.470. The van der Waals surface area contributed by atoms with Crippen LogP contribution in [0.2, 0.25) is 0 Å². The minimum Gasteiger partial charge on any atom is -0.426 e. The summed E-state index contributed by atoms with van der Waals surface area (Å²) in [5, 5.41) is 0. The first-order chi connectivity index (χ1) is 15.5. The zero-order valence-electron chi connectivity index (χ0n) is 22.7. The molecule has 1 aliphatic rings. The molecule has 0 saturated heterocycles. The molecule has 0 N–H and O–H groups in total. The Morgan fingerprint density at radius 1 is 0.758 bits per heavy atom. The summed E-state index contributed by atoms with van der Waals surface area (Å²) in [6, 6.07) is 16.5. The van der Waals surface area contributed by atoms with Crippen molar-refractivity contribution in [3.8, 4) is 16.9 Å². The van der Waals surface area contributed by atoms with Crippen molar-refractivity contribution in [2.24, 2.45) is 11.3 Å². The van der Waals surface area contributed by atoms with Crippen LogP contribution < -0.4 is 4.74 Å². The Kier molecular flexibility index (Phi) is 11.1. The van der Waals surface area contributed by atoms with Crippen LogP contribution in [0.25, 0.3) is 11.1 Å². The van der Waals surface area contributed by atoms with Crippen LogP contribution in [0.4, 0.5) is 0 Å². The topological polar surface area (TPSA) is 26.3 Å². The van der Waals surface area contributed by atoms with E-state index >= 15 is 0 Å². The van der Waals surface area contributed by atoms with Gasteiger partial charge in [-0.15, -0.1) is 0 Å². The third-order valence-electron chi connectivity index (χ3n) is 5.86. The number of hydrogen-bond donors (Lipinski definition) is 0. The third-order valence-corrected chi connectivity index (χ3v) is 5.86. The van der Waals surface area contributed by atoms with Gasteiger partial charge in [-0.25, -0.2) is 0 Å². The zero-order chi connectivity index (χ0) is 25.2. The van der Waals surface area contributed by atoms with E-state index in [1.165, 1.54) is 16.7 Å². The predicted octanol–water partition coefficient (Wildman–Crippen LogP) is 9.38. The van der Waals surface area contributed by atoms with E-state index in [1.54, 1.807) is 0 Å². The van der Waals surface area contributed by atoms with E-state index < -0.39 is 0 Å². The average molecular weight is 451 g/mol. The van der Waals surface area contributed by atoms with Gasteiger partial charge >= 0.3 is 5.97 Å². The van der Waals surface area contributed by atoms with Crippen LogP contribution in [-0.2, 0) is 10.2 Å². The molecule has 0 aliphatic heterocycles. The molecule has 1 aliphatic carbocycles. The first kappa shape index (κ1) is 28.7. The molecule has 1 atom stereocenters. The Labute approximate surface area is 203 Å². The number of carbonyl (C=O) groups is 1. The van der Waals surface area contributed by atoms with Gasteiger partial charge in [0.25, 0.3) is 0 Å². The van der Waals surface area contributed by atoms with Crippen LogP contribution in [0.3, 0.4) is 0 Å². The van der Waals surface area contributed by atoms with E-state index in [4.69, 9.17) is 4.74 Å². The normalized spacial score (nSPS) is 15.8. The molecule has 0 spiro atoms. The molecular weight excluding hydrogens is 404 g/mol. The Morgan fingerprint density at radius 2 is 1.24 bits per heavy atom. The SMILES string of the molecule is CC.CC.CC(C)(C)C1=CCC(C(=O)Oc2ccc(-c3ccc(C(C)(C)C)cc3)cc2)CC1. The highest BCUT2D eigenvalue weighted by Crippen LogP contribution is 2.36. The van der Waals surface area contributed by atoms with Gasteiger partial charge in [0.2, 0.25) is 0 Å². The number of rotatable bonds is 3. The summed E-state index contributed by atoms with van der Waals surface area (Å²) < 4.78 is 5.66. The summed E-state index contributed by atoms with van der Waals surface area (Å²) in [7, 11) is 0. The molecule has 0 amide bonds. The average Bonchev–Trinajstić information content (AvgIpc) is 2.81. The van der Waals surface area contributed by atoms with E-state index in [0.29, 0.717) is 5.75 Å². The lowest BCUT2D eigenvalue weighted by atomic mass is 9.77. The van der Waals surface area contributed by atoms with Crippen molar-refractivity contribution in [2.75, 3.05) is 0 Å². The first-order valence-corrected chi connectivity index (χ1v) is 12.7. The largest absolute Gasteiger partial charge is 0.426 e. The smallest absolute Gasteiger partial charge is 0.314 e. The third kappa shape index (κ3) is 8.50. The highest BCUT2D eigenvalue weighted by molar-refractivity contribution is 5.76. The highest BCUT2D eigenvalue weighted by Gasteiger charge is 2.27. The van der Waals surface area contributed by atoms with Gasteiger partial charge < -0.3 is 4.74 Å². The van der Waals surface area contributed by atoms with Crippen molar-refractivity contribution in [1.29, 1.82) is 0 Å². The zero-order valence-corrected chi connectivity index (χ0v) is 22.7. The molecule has 2 nitrogen and oxygen atoms in total. The molecule has 0 aromatic heterocycles. The van der Waals surface area contributed by atoms with Gasteiger partial charge in [-0.1, -0.05) is 117 Å². The van der Waals surface area contributed by atoms with Crippen LogP contribution >= 0.6 is 0 Å². The fourth-order valence-corrected chi connectivity index (χ4v) is 3.81. The molecule has 1 unspecified atom stereocenters. The molecule has 2 heteroatoms. The van der Waals surface area contributed by atoms with Crippen molar-refractivity contribution in [3.05, 3.63) is 65.7 Å². The number of carbonyl (C=O) groups excluding carboxylic acids is 1. The Bertz CT molecular complexity index is 873. The number of benzene rings is 2. The second-order valence-corrected chi connectivity index (χ2v) is 10.2. The monoisotopic (exact) mass is 450 g/mol. The van der Waals surface area contributed by atoms with Crippen molar-refractivity contribution < 1.29 is 9.53 Å². The fourth-order valence-electron chi connectivity index (χ4n) is 3.81. The molecular formula is C31H46O2. The molecule has 3 rings (SSSR count). The number of ether oxygens (including phenoxy) is 1. The maximum atomic E-state index is 12.6. The molecule has 2 aromatic carbocycles. The Hall–Kier alpha value is -2.35. The summed E-state index contributed by atoms with van der Waals surface area (Å²) in [6.45, 7) is 21.4. The molecule has 0 fully saturated rings. The molecule has 0 saturated carbocycles.